The van der Waals surface area contributed by atoms with Gasteiger partial charge in [0.15, 0.2) is 6.29 Å². The van der Waals surface area contributed by atoms with Gasteiger partial charge in [0.05, 0.1) is 38.9 Å². The highest BCUT2D eigenvalue weighted by molar-refractivity contribution is 7.44. The summed E-state index contributed by atoms with van der Waals surface area (Å²) in [5, 5.41) is 9.20. The summed E-state index contributed by atoms with van der Waals surface area (Å²) in [5.41, 5.74) is 1.72. The van der Waals surface area contributed by atoms with E-state index in [1.54, 1.807) is 0 Å². The third-order valence-electron chi connectivity index (χ3n) is 6.53. The normalized spacial score (nSPS) is 13.3. The van der Waals surface area contributed by atoms with Gasteiger partial charge in [0.1, 0.15) is 18.5 Å². The van der Waals surface area contributed by atoms with Crippen LogP contribution in [0.3, 0.4) is 0 Å². The first-order chi connectivity index (χ1) is 20.9. The largest absolute Gasteiger partial charge is 0.374 e. The Balaban J connectivity index is 2.10. The minimum absolute atomic E-state index is 0.00862. The van der Waals surface area contributed by atoms with Gasteiger partial charge in [-0.2, -0.15) is 5.26 Å². The Morgan fingerprint density at radius 1 is 0.791 bits per heavy atom. The molecule has 0 N–H and O–H groups in total. The Hall–Kier alpha value is -2.99. The van der Waals surface area contributed by atoms with E-state index in [9.17, 15) is 10.1 Å². The molecule has 2 atom stereocenters. The second-order valence-electron chi connectivity index (χ2n) is 10.3. The second-order valence-corrected chi connectivity index (χ2v) is 11.7. The van der Waals surface area contributed by atoms with Crippen LogP contribution < -0.4 is 0 Å². The average Bonchev–Trinajstić information content (AvgIpc) is 3.02. The molecule has 0 fully saturated rings. The van der Waals surface area contributed by atoms with Crippen molar-refractivity contribution in [2.75, 3.05) is 33.0 Å². The quantitative estimate of drug-likeness (QED) is 0.0454. The minimum atomic E-state index is -1.64. The molecule has 0 aliphatic carbocycles. The predicted molar refractivity (Wildman–Crippen MR) is 168 cm³/mol. The number of hydrogen-bond donors (Lipinski definition) is 0. The summed E-state index contributed by atoms with van der Waals surface area (Å²) >= 11 is 0. The van der Waals surface area contributed by atoms with Crippen molar-refractivity contribution in [3.8, 4) is 6.07 Å². The fourth-order valence-corrected chi connectivity index (χ4v) is 6.44. The molecule has 0 heterocycles. The number of aldehydes is 1. The molecule has 0 saturated carbocycles. The molecule has 0 aliphatic rings. The summed E-state index contributed by atoms with van der Waals surface area (Å²) < 4.78 is 33.6. The fraction of sp³-hybridized carbons (Fsp3) is 0.412. The number of carbonyl (C=O) groups excluding carboxylic acids is 1. The highest BCUT2D eigenvalue weighted by Gasteiger charge is 2.42. The van der Waals surface area contributed by atoms with Crippen LogP contribution in [0.5, 0.6) is 0 Å². The van der Waals surface area contributed by atoms with Crippen molar-refractivity contribution in [1.82, 2.24) is 4.67 Å². The van der Waals surface area contributed by atoms with Gasteiger partial charge in [-0.05, 0) is 44.4 Å². The summed E-state index contributed by atoms with van der Waals surface area (Å²) in [6, 6.07) is 32.5. The Labute approximate surface area is 257 Å². The highest BCUT2D eigenvalue weighted by Crippen LogP contribution is 2.49. The summed E-state index contributed by atoms with van der Waals surface area (Å²) in [6.45, 7) is 9.17. The van der Waals surface area contributed by atoms with Crippen LogP contribution in [0.1, 0.15) is 50.8 Å². The van der Waals surface area contributed by atoms with Gasteiger partial charge in [0.25, 0.3) is 8.53 Å². The fourth-order valence-electron chi connectivity index (χ4n) is 4.83. The molecular weight excluding hydrogens is 563 g/mol. The van der Waals surface area contributed by atoms with Gasteiger partial charge >= 0.3 is 0 Å². The van der Waals surface area contributed by atoms with E-state index < -0.39 is 20.4 Å². The lowest BCUT2D eigenvalue weighted by Gasteiger charge is -2.41. The topological polar surface area (TPSA) is 90.3 Å². The maximum atomic E-state index is 10.7. The van der Waals surface area contributed by atoms with Gasteiger partial charge in [-0.15, -0.1) is 0 Å². The number of ether oxygens (including phenoxy) is 3. The number of nitriles is 1. The molecule has 0 radical (unpaired) electrons. The zero-order valence-electron chi connectivity index (χ0n) is 25.5. The lowest BCUT2D eigenvalue weighted by molar-refractivity contribution is -0.176. The van der Waals surface area contributed by atoms with Crippen molar-refractivity contribution in [2.45, 2.75) is 58.1 Å². The molecule has 230 valence electrons. The molecule has 0 aromatic heterocycles. The molecule has 9 heteroatoms. The maximum Gasteiger partial charge on any atom is 0.261 e. The number of benzene rings is 3. The van der Waals surface area contributed by atoms with Crippen LogP contribution in [-0.4, -0.2) is 62.4 Å². The lowest BCUT2D eigenvalue weighted by atomic mass is 9.80. The zero-order chi connectivity index (χ0) is 30.9. The monoisotopic (exact) mass is 606 g/mol. The van der Waals surface area contributed by atoms with Crippen LogP contribution in [0.15, 0.2) is 91.0 Å². The minimum Gasteiger partial charge on any atom is -0.374 e. The van der Waals surface area contributed by atoms with E-state index in [0.717, 1.165) is 16.7 Å². The Morgan fingerprint density at radius 3 is 1.72 bits per heavy atom. The number of nitrogens with zero attached hydrogens (tertiary/aromatic N) is 2. The Bertz CT molecular complexity index is 1120. The first-order valence-corrected chi connectivity index (χ1v) is 15.8. The smallest absolute Gasteiger partial charge is 0.261 e. The lowest BCUT2D eigenvalue weighted by Crippen LogP contribution is -2.41. The number of carbonyl (C=O) groups is 1. The predicted octanol–water partition coefficient (Wildman–Crippen LogP) is 6.85. The summed E-state index contributed by atoms with van der Waals surface area (Å²) in [4.78, 5) is 10.7. The standard InChI is InChI=1S/C34H43N2O6P/c1-28(2)36(29(3)4)43(40-23-14-21-35)42-33(27-39-26-25-38-24-22-37)41-34(30-15-8-5-9-16-30,31-17-10-6-11-18-31)32-19-12-7-13-20-32/h5-13,15-20,22,28-29,33H,14,23-27H2,1-4H3. The van der Waals surface area contributed by atoms with Crippen LogP contribution in [-0.2, 0) is 33.7 Å². The van der Waals surface area contributed by atoms with E-state index in [-0.39, 0.29) is 51.5 Å². The van der Waals surface area contributed by atoms with Crippen LogP contribution in [0.25, 0.3) is 0 Å². The van der Waals surface area contributed by atoms with Crippen molar-refractivity contribution < 1.29 is 28.1 Å². The molecule has 3 rings (SSSR count). The third-order valence-corrected chi connectivity index (χ3v) is 8.65. The molecule has 3 aromatic rings. The van der Waals surface area contributed by atoms with Crippen molar-refractivity contribution in [1.29, 1.82) is 5.26 Å². The molecule has 43 heavy (non-hydrogen) atoms. The maximum absolute atomic E-state index is 10.7. The molecule has 0 bridgehead atoms. The summed E-state index contributed by atoms with van der Waals surface area (Å²) in [7, 11) is -1.64. The zero-order valence-corrected chi connectivity index (χ0v) is 26.4. The van der Waals surface area contributed by atoms with Gasteiger partial charge in [0, 0.05) is 12.1 Å². The first kappa shape index (κ1) is 34.5. The van der Waals surface area contributed by atoms with E-state index >= 15 is 0 Å². The summed E-state index contributed by atoms with van der Waals surface area (Å²) in [6.07, 6.45) is 0.0609. The highest BCUT2D eigenvalue weighted by atomic mass is 31.2. The molecule has 8 nitrogen and oxygen atoms in total. The van der Waals surface area contributed by atoms with Crippen LogP contribution in [0.4, 0.5) is 0 Å². The van der Waals surface area contributed by atoms with E-state index in [2.05, 4.69) is 38.4 Å². The van der Waals surface area contributed by atoms with Gasteiger partial charge < -0.3 is 23.5 Å². The Morgan fingerprint density at radius 2 is 1.28 bits per heavy atom. The third kappa shape index (κ3) is 10.0. The van der Waals surface area contributed by atoms with Crippen LogP contribution in [0.2, 0.25) is 0 Å². The van der Waals surface area contributed by atoms with Crippen molar-refractivity contribution >= 4 is 14.8 Å². The number of hydrogen-bond acceptors (Lipinski definition) is 8. The van der Waals surface area contributed by atoms with Gasteiger partial charge in [-0.25, -0.2) is 4.67 Å². The second kappa shape index (κ2) is 18.6. The van der Waals surface area contributed by atoms with Crippen molar-refractivity contribution in [3.05, 3.63) is 108 Å². The van der Waals surface area contributed by atoms with E-state index in [1.165, 1.54) is 0 Å². The van der Waals surface area contributed by atoms with Gasteiger partial charge in [-0.1, -0.05) is 91.0 Å². The Kier molecular flexibility index (Phi) is 14.9. The first-order valence-electron chi connectivity index (χ1n) is 14.6. The van der Waals surface area contributed by atoms with Crippen molar-refractivity contribution in [2.24, 2.45) is 0 Å². The SMILES string of the molecule is CC(C)N(C(C)C)P(OCCC#N)OC(COCCOCC=O)OC(c1ccccc1)(c1ccccc1)c1ccccc1. The van der Waals surface area contributed by atoms with Gasteiger partial charge in [0.2, 0.25) is 0 Å². The average molecular weight is 607 g/mol. The van der Waals surface area contributed by atoms with E-state index in [4.69, 9.17) is 23.3 Å². The van der Waals surface area contributed by atoms with E-state index in [0.29, 0.717) is 6.29 Å². The molecule has 0 amide bonds. The molecule has 3 aromatic carbocycles. The van der Waals surface area contributed by atoms with Crippen LogP contribution >= 0.6 is 8.53 Å². The molecule has 0 spiro atoms. The molecular formula is C34H43N2O6P. The van der Waals surface area contributed by atoms with E-state index in [1.807, 2.05) is 91.0 Å². The van der Waals surface area contributed by atoms with Gasteiger partial charge in [-0.3, -0.25) is 4.52 Å². The molecule has 2 unspecified atom stereocenters. The van der Waals surface area contributed by atoms with Crippen LogP contribution in [0, 0.1) is 11.3 Å². The molecule has 0 saturated heterocycles. The molecule has 0 aliphatic heterocycles. The number of rotatable bonds is 20. The van der Waals surface area contributed by atoms with Crippen molar-refractivity contribution in [3.63, 3.8) is 0 Å². The summed E-state index contributed by atoms with van der Waals surface area (Å²) in [5.74, 6) is 0.